The molecule has 1 aliphatic heterocycles. The van der Waals surface area contributed by atoms with E-state index in [-0.39, 0.29) is 36.7 Å². The molecule has 5 rings (SSSR count). The van der Waals surface area contributed by atoms with Gasteiger partial charge in [-0.25, -0.2) is 9.37 Å². The minimum atomic E-state index is -0.339. The minimum absolute atomic E-state index is 0. The van der Waals surface area contributed by atoms with E-state index in [0.29, 0.717) is 34.0 Å². The smallest absolute Gasteiger partial charge is 0.270 e. The molecule has 1 N–H and O–H groups in total. The van der Waals surface area contributed by atoms with Crippen LogP contribution in [-0.4, -0.2) is 47.6 Å². The fourth-order valence-corrected chi connectivity index (χ4v) is 5.49. The van der Waals surface area contributed by atoms with Crippen molar-refractivity contribution in [3.63, 3.8) is 0 Å². The first-order valence-electron chi connectivity index (χ1n) is 14.4. The van der Waals surface area contributed by atoms with Crippen LogP contribution in [0, 0.1) is 5.82 Å². The van der Waals surface area contributed by atoms with Gasteiger partial charge in [-0.1, -0.05) is 37.9 Å². The van der Waals surface area contributed by atoms with Gasteiger partial charge in [0.15, 0.2) is 0 Å². The Morgan fingerprint density at radius 3 is 2.55 bits per heavy atom. The molecule has 0 radical (unpaired) electrons. The fourth-order valence-electron chi connectivity index (χ4n) is 5.33. The first-order chi connectivity index (χ1) is 19.9. The molecule has 10 heteroatoms. The van der Waals surface area contributed by atoms with Crippen LogP contribution in [0.3, 0.4) is 0 Å². The molecule has 224 valence electrons. The summed E-state index contributed by atoms with van der Waals surface area (Å²) in [5.74, 6) is 0.244. The molecule has 0 spiro atoms. The molecule has 7 nitrogen and oxygen atoms in total. The SMILES string of the molecule is CCCCOc1ccc(N2CCN(c3ccc(CNC(=O)c4c(CC)nc5ccc(Cl)cn45)c(F)c3)C[C@@H]2C)cc1.Cl. The molecule has 1 fully saturated rings. The zero-order valence-corrected chi connectivity index (χ0v) is 25.8. The summed E-state index contributed by atoms with van der Waals surface area (Å²) in [6, 6.07) is 17.3. The highest BCUT2D eigenvalue weighted by Gasteiger charge is 2.25. The number of unbranched alkanes of at least 4 members (excludes halogenated alkanes) is 1. The molecule has 3 heterocycles. The molecule has 0 unspecified atom stereocenters. The molecule has 1 atom stereocenters. The number of anilines is 2. The quantitative estimate of drug-likeness (QED) is 0.196. The van der Waals surface area contributed by atoms with Crippen LogP contribution < -0.4 is 19.9 Å². The van der Waals surface area contributed by atoms with E-state index in [1.165, 1.54) is 0 Å². The molecular formula is C32H38Cl2FN5O2. The molecule has 1 amide bonds. The van der Waals surface area contributed by atoms with Crippen molar-refractivity contribution in [1.82, 2.24) is 14.7 Å². The van der Waals surface area contributed by atoms with Crippen molar-refractivity contribution < 1.29 is 13.9 Å². The normalized spacial score (nSPS) is 15.0. The molecule has 0 bridgehead atoms. The molecule has 2 aromatic heterocycles. The number of nitrogens with one attached hydrogen (secondary N) is 1. The van der Waals surface area contributed by atoms with Crippen molar-refractivity contribution >= 4 is 46.9 Å². The molecular weight excluding hydrogens is 576 g/mol. The van der Waals surface area contributed by atoms with Crippen molar-refractivity contribution in [2.24, 2.45) is 0 Å². The lowest BCUT2D eigenvalue weighted by atomic mass is 10.1. The summed E-state index contributed by atoms with van der Waals surface area (Å²) in [6.07, 6.45) is 4.43. The van der Waals surface area contributed by atoms with Crippen LogP contribution in [0.25, 0.3) is 5.65 Å². The average molecular weight is 615 g/mol. The van der Waals surface area contributed by atoms with Gasteiger partial charge in [-0.3, -0.25) is 9.20 Å². The number of fused-ring (bicyclic) bond motifs is 1. The number of halogens is 3. The van der Waals surface area contributed by atoms with Gasteiger partial charge in [-0.05, 0) is 68.3 Å². The standard InChI is InChI=1S/C32H37ClFN5O2.ClH/c1-4-6-17-41-27-12-10-25(11-13-27)38-16-15-37(20-22(38)3)26-9-7-23(28(34)18-26)19-35-32(40)31-29(5-2)36-30-14-8-24(33)21-39(30)31;/h7-14,18,21-22H,4-6,15-17,19-20H2,1-3H3,(H,35,40);1H/t22-;/m0./s1. The van der Waals surface area contributed by atoms with Crippen LogP contribution in [0.4, 0.5) is 15.8 Å². The third kappa shape index (κ3) is 6.93. The monoisotopic (exact) mass is 613 g/mol. The summed E-state index contributed by atoms with van der Waals surface area (Å²) in [5, 5.41) is 3.37. The number of piperazine rings is 1. The van der Waals surface area contributed by atoms with Gasteiger partial charge in [0.25, 0.3) is 5.91 Å². The van der Waals surface area contributed by atoms with Gasteiger partial charge in [0.2, 0.25) is 0 Å². The Bertz CT molecular complexity index is 1510. The zero-order chi connectivity index (χ0) is 28.9. The van der Waals surface area contributed by atoms with Crippen molar-refractivity contribution in [3.8, 4) is 5.75 Å². The van der Waals surface area contributed by atoms with E-state index in [2.05, 4.69) is 46.1 Å². The molecule has 4 aromatic rings. The molecule has 1 saturated heterocycles. The second-order valence-corrected chi connectivity index (χ2v) is 10.9. The van der Waals surface area contributed by atoms with Crippen LogP contribution in [0.5, 0.6) is 5.75 Å². The Labute approximate surface area is 258 Å². The van der Waals surface area contributed by atoms with Crippen LogP contribution >= 0.6 is 24.0 Å². The lowest BCUT2D eigenvalue weighted by Gasteiger charge is -2.42. The minimum Gasteiger partial charge on any atom is -0.494 e. The lowest BCUT2D eigenvalue weighted by Crippen LogP contribution is -2.52. The number of aromatic nitrogens is 2. The van der Waals surface area contributed by atoms with E-state index in [0.717, 1.165) is 56.2 Å². The number of aryl methyl sites for hydroxylation is 1. The molecule has 1 aliphatic rings. The van der Waals surface area contributed by atoms with Crippen LogP contribution in [-0.2, 0) is 13.0 Å². The number of ether oxygens (including phenoxy) is 1. The van der Waals surface area contributed by atoms with Gasteiger partial charge >= 0.3 is 0 Å². The Morgan fingerprint density at radius 1 is 1.10 bits per heavy atom. The summed E-state index contributed by atoms with van der Waals surface area (Å²) >= 11 is 6.15. The second kappa shape index (κ2) is 14.1. The highest BCUT2D eigenvalue weighted by Crippen LogP contribution is 2.27. The second-order valence-electron chi connectivity index (χ2n) is 10.5. The Hall–Kier alpha value is -3.49. The first-order valence-corrected chi connectivity index (χ1v) is 14.7. The Morgan fingerprint density at radius 2 is 1.86 bits per heavy atom. The topological polar surface area (TPSA) is 62.1 Å². The predicted octanol–water partition coefficient (Wildman–Crippen LogP) is 6.94. The van der Waals surface area contributed by atoms with E-state index in [1.807, 2.05) is 25.1 Å². The van der Waals surface area contributed by atoms with Crippen LogP contribution in [0.2, 0.25) is 5.02 Å². The van der Waals surface area contributed by atoms with Gasteiger partial charge in [0.1, 0.15) is 22.9 Å². The maximum absolute atomic E-state index is 15.2. The summed E-state index contributed by atoms with van der Waals surface area (Å²) in [7, 11) is 0. The first kappa shape index (κ1) is 31.4. The summed E-state index contributed by atoms with van der Waals surface area (Å²) in [4.78, 5) is 22.2. The Kier molecular flexibility index (Phi) is 10.6. The number of carbonyl (C=O) groups excluding carboxylic acids is 1. The van der Waals surface area contributed by atoms with Crippen molar-refractivity contribution in [2.75, 3.05) is 36.0 Å². The van der Waals surface area contributed by atoms with E-state index in [1.54, 1.807) is 34.9 Å². The summed E-state index contributed by atoms with van der Waals surface area (Å²) in [6.45, 7) is 9.50. The fraction of sp³-hybridized carbons (Fsp3) is 0.375. The number of benzene rings is 2. The zero-order valence-electron chi connectivity index (χ0n) is 24.3. The lowest BCUT2D eigenvalue weighted by molar-refractivity contribution is 0.0943. The van der Waals surface area contributed by atoms with E-state index >= 15 is 4.39 Å². The molecule has 0 aliphatic carbocycles. The van der Waals surface area contributed by atoms with Crippen molar-refractivity contribution in [1.29, 1.82) is 0 Å². The highest BCUT2D eigenvalue weighted by atomic mass is 35.5. The van der Waals surface area contributed by atoms with E-state index < -0.39 is 0 Å². The van der Waals surface area contributed by atoms with Gasteiger partial charge in [-0.2, -0.15) is 0 Å². The number of amides is 1. The average Bonchev–Trinajstić information content (AvgIpc) is 3.35. The summed E-state index contributed by atoms with van der Waals surface area (Å²) in [5.41, 5.74) is 4.18. The van der Waals surface area contributed by atoms with Gasteiger partial charge < -0.3 is 19.9 Å². The predicted molar refractivity (Wildman–Crippen MR) is 170 cm³/mol. The van der Waals surface area contributed by atoms with Gasteiger partial charge in [0.05, 0.1) is 17.3 Å². The number of hydrogen-bond donors (Lipinski definition) is 1. The number of rotatable bonds is 10. The third-order valence-electron chi connectivity index (χ3n) is 7.61. The van der Waals surface area contributed by atoms with Gasteiger partial charge in [0, 0.05) is 55.4 Å². The maximum atomic E-state index is 15.2. The molecule has 2 aromatic carbocycles. The van der Waals surface area contributed by atoms with Crippen LogP contribution in [0.15, 0.2) is 60.8 Å². The number of imidazole rings is 1. The van der Waals surface area contributed by atoms with Crippen molar-refractivity contribution in [2.45, 2.75) is 52.6 Å². The molecule has 42 heavy (non-hydrogen) atoms. The largest absolute Gasteiger partial charge is 0.494 e. The van der Waals surface area contributed by atoms with Gasteiger partial charge in [-0.15, -0.1) is 12.4 Å². The summed E-state index contributed by atoms with van der Waals surface area (Å²) < 4.78 is 22.7. The third-order valence-corrected chi connectivity index (χ3v) is 7.83. The van der Waals surface area contributed by atoms with E-state index in [4.69, 9.17) is 16.3 Å². The van der Waals surface area contributed by atoms with E-state index in [9.17, 15) is 4.79 Å². The number of pyridine rings is 1. The number of nitrogens with zero attached hydrogens (tertiary/aromatic N) is 4. The van der Waals surface area contributed by atoms with Crippen molar-refractivity contribution in [3.05, 3.63) is 88.6 Å². The molecule has 0 saturated carbocycles. The highest BCUT2D eigenvalue weighted by molar-refractivity contribution is 6.30. The maximum Gasteiger partial charge on any atom is 0.270 e. The number of carbonyl (C=O) groups is 1. The number of hydrogen-bond acceptors (Lipinski definition) is 5. The van der Waals surface area contributed by atoms with Crippen LogP contribution in [0.1, 0.15) is 55.4 Å². The Balaban J connectivity index is 0.00000405.